The second kappa shape index (κ2) is 6.43. The van der Waals surface area contributed by atoms with Gasteiger partial charge in [0.25, 0.3) is 0 Å². The van der Waals surface area contributed by atoms with Crippen molar-refractivity contribution in [1.29, 1.82) is 0 Å². The van der Waals surface area contributed by atoms with Crippen molar-refractivity contribution in [2.75, 3.05) is 12.3 Å². The van der Waals surface area contributed by atoms with Gasteiger partial charge in [-0.2, -0.15) is 0 Å². The predicted molar refractivity (Wildman–Crippen MR) is 86.5 cm³/mol. The zero-order chi connectivity index (χ0) is 15.6. The zero-order valence-corrected chi connectivity index (χ0v) is 14.4. The van der Waals surface area contributed by atoms with E-state index in [1.165, 1.54) is 13.0 Å². The highest BCUT2D eigenvalue weighted by Gasteiger charge is 2.17. The number of anilines is 1. The molecule has 0 saturated heterocycles. The Morgan fingerprint density at radius 2 is 2.10 bits per heavy atom. The van der Waals surface area contributed by atoms with E-state index >= 15 is 0 Å². The SMILES string of the molecule is Cc1cc(S(=O)(=O)NCCc2ccc(Br)s2)cc(N)c1F. The van der Waals surface area contributed by atoms with Crippen LogP contribution in [0.15, 0.2) is 32.9 Å². The van der Waals surface area contributed by atoms with Crippen LogP contribution >= 0.6 is 27.3 Å². The van der Waals surface area contributed by atoms with Crippen LogP contribution in [0.3, 0.4) is 0 Å². The Balaban J connectivity index is 2.08. The number of halogens is 2. The van der Waals surface area contributed by atoms with Gasteiger partial charge in [-0.25, -0.2) is 17.5 Å². The smallest absolute Gasteiger partial charge is 0.240 e. The lowest BCUT2D eigenvalue weighted by Crippen LogP contribution is -2.26. The van der Waals surface area contributed by atoms with Gasteiger partial charge >= 0.3 is 0 Å². The van der Waals surface area contributed by atoms with E-state index in [2.05, 4.69) is 20.7 Å². The van der Waals surface area contributed by atoms with Crippen LogP contribution in [0.1, 0.15) is 10.4 Å². The first-order valence-corrected chi connectivity index (χ1v) is 9.18. The molecule has 0 radical (unpaired) electrons. The van der Waals surface area contributed by atoms with Gasteiger partial charge in [0, 0.05) is 11.4 Å². The third-order valence-electron chi connectivity index (χ3n) is 2.86. The molecule has 3 N–H and O–H groups in total. The lowest BCUT2D eigenvalue weighted by Gasteiger charge is -2.09. The molecule has 0 spiro atoms. The molecule has 8 heteroatoms. The van der Waals surface area contributed by atoms with Gasteiger partial charge in [0.2, 0.25) is 10.0 Å². The van der Waals surface area contributed by atoms with Crippen molar-refractivity contribution in [3.63, 3.8) is 0 Å². The molecule has 0 amide bonds. The van der Waals surface area contributed by atoms with Crippen LogP contribution in [-0.4, -0.2) is 15.0 Å². The number of rotatable bonds is 5. The summed E-state index contributed by atoms with van der Waals surface area (Å²) in [6.07, 6.45) is 0.588. The van der Waals surface area contributed by atoms with Crippen molar-refractivity contribution in [1.82, 2.24) is 4.72 Å². The summed E-state index contributed by atoms with van der Waals surface area (Å²) in [6.45, 7) is 1.75. The first kappa shape index (κ1) is 16.4. The van der Waals surface area contributed by atoms with Crippen molar-refractivity contribution in [2.24, 2.45) is 0 Å². The van der Waals surface area contributed by atoms with E-state index in [1.807, 2.05) is 12.1 Å². The molecular weight excluding hydrogens is 379 g/mol. The highest BCUT2D eigenvalue weighted by molar-refractivity contribution is 9.11. The molecule has 0 bridgehead atoms. The molecule has 0 atom stereocenters. The van der Waals surface area contributed by atoms with E-state index in [1.54, 1.807) is 11.3 Å². The van der Waals surface area contributed by atoms with Gasteiger partial charge < -0.3 is 5.73 Å². The highest BCUT2D eigenvalue weighted by atomic mass is 79.9. The second-order valence-corrected chi connectivity index (χ2v) is 8.81. The number of nitrogens with one attached hydrogen (secondary N) is 1. The Morgan fingerprint density at radius 3 is 2.67 bits per heavy atom. The van der Waals surface area contributed by atoms with Crippen molar-refractivity contribution in [3.8, 4) is 0 Å². The van der Waals surface area contributed by atoms with Gasteiger partial charge in [-0.05, 0) is 59.1 Å². The average molecular weight is 393 g/mol. The van der Waals surface area contributed by atoms with E-state index in [0.29, 0.717) is 6.42 Å². The molecule has 0 saturated carbocycles. The fourth-order valence-electron chi connectivity index (χ4n) is 1.80. The molecule has 114 valence electrons. The Bertz CT molecular complexity index is 736. The van der Waals surface area contributed by atoms with Gasteiger partial charge in [-0.1, -0.05) is 0 Å². The maximum Gasteiger partial charge on any atom is 0.240 e. The van der Waals surface area contributed by atoms with Crippen LogP contribution in [0.2, 0.25) is 0 Å². The normalized spacial score (nSPS) is 11.8. The van der Waals surface area contributed by atoms with Crippen molar-refractivity contribution < 1.29 is 12.8 Å². The summed E-state index contributed by atoms with van der Waals surface area (Å²) in [7, 11) is -3.69. The second-order valence-electron chi connectivity index (χ2n) is 4.50. The van der Waals surface area contributed by atoms with Crippen LogP contribution in [-0.2, 0) is 16.4 Å². The topological polar surface area (TPSA) is 72.2 Å². The number of hydrogen-bond acceptors (Lipinski definition) is 4. The van der Waals surface area contributed by atoms with Gasteiger partial charge in [-0.3, -0.25) is 0 Å². The number of nitrogens with two attached hydrogens (primary N) is 1. The maximum absolute atomic E-state index is 13.4. The fourth-order valence-corrected chi connectivity index (χ4v) is 4.43. The van der Waals surface area contributed by atoms with E-state index < -0.39 is 15.8 Å². The van der Waals surface area contributed by atoms with Crippen LogP contribution in [0, 0.1) is 12.7 Å². The van der Waals surface area contributed by atoms with E-state index in [4.69, 9.17) is 5.73 Å². The van der Waals surface area contributed by atoms with Gasteiger partial charge in [0.15, 0.2) is 0 Å². The lowest BCUT2D eigenvalue weighted by atomic mass is 10.2. The zero-order valence-electron chi connectivity index (χ0n) is 11.2. The molecule has 21 heavy (non-hydrogen) atoms. The summed E-state index contributed by atoms with van der Waals surface area (Å²) in [5, 5.41) is 0. The molecule has 1 aromatic heterocycles. The molecule has 2 aromatic rings. The molecule has 0 aliphatic rings. The molecule has 1 aromatic carbocycles. The third kappa shape index (κ3) is 4.03. The summed E-state index contributed by atoms with van der Waals surface area (Å²) in [4.78, 5) is 1.05. The minimum absolute atomic E-state index is 0.0220. The van der Waals surface area contributed by atoms with Crippen LogP contribution < -0.4 is 10.5 Å². The minimum Gasteiger partial charge on any atom is -0.396 e. The number of hydrogen-bond donors (Lipinski definition) is 2. The standard InChI is InChI=1S/C13H14BrFN2O2S2/c1-8-6-10(7-11(16)13(8)15)21(18,19)17-5-4-9-2-3-12(14)20-9/h2-3,6-7,17H,4-5,16H2,1H3. The first-order valence-electron chi connectivity index (χ1n) is 6.09. The van der Waals surface area contributed by atoms with Crippen molar-refractivity contribution in [3.05, 3.63) is 44.3 Å². The molecule has 1 heterocycles. The highest BCUT2D eigenvalue weighted by Crippen LogP contribution is 2.23. The number of benzene rings is 1. The summed E-state index contributed by atoms with van der Waals surface area (Å²) >= 11 is 4.91. The van der Waals surface area contributed by atoms with Gasteiger partial charge in [0.05, 0.1) is 14.4 Å². The molecule has 0 aliphatic carbocycles. The number of sulfonamides is 1. The van der Waals surface area contributed by atoms with Crippen molar-refractivity contribution in [2.45, 2.75) is 18.2 Å². The quantitative estimate of drug-likeness (QED) is 0.767. The summed E-state index contributed by atoms with van der Waals surface area (Å²) in [5.41, 5.74) is 5.51. The Labute approximate surface area is 135 Å². The Kier molecular flexibility index (Phi) is 5.03. The van der Waals surface area contributed by atoms with Crippen molar-refractivity contribution >= 4 is 43.0 Å². The first-order chi connectivity index (χ1) is 9.79. The van der Waals surface area contributed by atoms with Crippen LogP contribution in [0.4, 0.5) is 10.1 Å². The largest absolute Gasteiger partial charge is 0.396 e. The molecule has 0 aliphatic heterocycles. The molecule has 0 unspecified atom stereocenters. The summed E-state index contributed by atoms with van der Waals surface area (Å²) in [6, 6.07) is 6.25. The lowest BCUT2D eigenvalue weighted by molar-refractivity contribution is 0.580. The monoisotopic (exact) mass is 392 g/mol. The predicted octanol–water partition coefficient (Wildman–Crippen LogP) is 3.06. The number of nitrogen functional groups attached to an aromatic ring is 1. The van der Waals surface area contributed by atoms with E-state index in [9.17, 15) is 12.8 Å². The average Bonchev–Trinajstić information content (AvgIpc) is 2.81. The molecular formula is C13H14BrFN2O2S2. The van der Waals surface area contributed by atoms with Crippen LogP contribution in [0.5, 0.6) is 0 Å². The van der Waals surface area contributed by atoms with Gasteiger partial charge in [-0.15, -0.1) is 11.3 Å². The summed E-state index contributed by atoms with van der Waals surface area (Å²) < 4.78 is 41.2. The number of thiophene rings is 1. The minimum atomic E-state index is -3.69. The number of aryl methyl sites for hydroxylation is 1. The Morgan fingerprint density at radius 1 is 1.38 bits per heavy atom. The third-order valence-corrected chi connectivity index (χ3v) is 5.98. The van der Waals surface area contributed by atoms with Crippen LogP contribution in [0.25, 0.3) is 0 Å². The molecule has 0 fully saturated rings. The maximum atomic E-state index is 13.4. The Hall–Kier alpha value is -0.960. The summed E-state index contributed by atoms with van der Waals surface area (Å²) in [5.74, 6) is -0.586. The fraction of sp³-hybridized carbons (Fsp3) is 0.231. The molecule has 4 nitrogen and oxygen atoms in total. The van der Waals surface area contributed by atoms with E-state index in [0.717, 1.165) is 14.7 Å². The van der Waals surface area contributed by atoms with Gasteiger partial charge in [0.1, 0.15) is 5.82 Å². The van der Waals surface area contributed by atoms with E-state index in [-0.39, 0.29) is 22.7 Å². The molecule has 2 rings (SSSR count).